The Morgan fingerprint density at radius 2 is 2.24 bits per heavy atom. The van der Waals surface area contributed by atoms with Gasteiger partial charge in [0.1, 0.15) is 11.6 Å². The molecule has 0 aliphatic rings. The minimum Gasteiger partial charge on any atom is -0.484 e. The molecule has 2 rings (SSSR count). The lowest BCUT2D eigenvalue weighted by Crippen LogP contribution is -1.97. The molecule has 5 heteroatoms. The third kappa shape index (κ3) is 3.03. The van der Waals surface area contributed by atoms with Crippen LogP contribution in [0.3, 0.4) is 0 Å². The normalized spacial score (nSPS) is 10.8. The number of rotatable bonds is 4. The van der Waals surface area contributed by atoms with Crippen LogP contribution in [0.4, 0.5) is 4.39 Å². The van der Waals surface area contributed by atoms with Gasteiger partial charge in [-0.05, 0) is 12.1 Å². The molecule has 0 fully saturated rings. The van der Waals surface area contributed by atoms with Crippen molar-refractivity contribution in [2.45, 2.75) is 26.4 Å². The van der Waals surface area contributed by atoms with Crippen molar-refractivity contribution in [3.63, 3.8) is 0 Å². The van der Waals surface area contributed by atoms with Crippen LogP contribution in [0, 0.1) is 5.82 Å². The summed E-state index contributed by atoms with van der Waals surface area (Å²) in [6.45, 7) is 4.09. The van der Waals surface area contributed by atoms with Crippen LogP contribution >= 0.6 is 0 Å². The van der Waals surface area contributed by atoms with Gasteiger partial charge in [0.05, 0.1) is 0 Å². The molecule has 0 aliphatic carbocycles. The molecular formula is C12H13FN2O2. The van der Waals surface area contributed by atoms with Crippen molar-refractivity contribution in [3.8, 4) is 5.75 Å². The zero-order valence-corrected chi connectivity index (χ0v) is 9.68. The quantitative estimate of drug-likeness (QED) is 0.818. The van der Waals surface area contributed by atoms with Gasteiger partial charge in [-0.25, -0.2) is 4.39 Å². The number of hydrogen-bond acceptors (Lipinski definition) is 4. The summed E-state index contributed by atoms with van der Waals surface area (Å²) >= 11 is 0. The van der Waals surface area contributed by atoms with Crippen LogP contribution in [-0.4, -0.2) is 10.1 Å². The standard InChI is InChI=1S/C12H13FN2O2/c1-8(2)12-14-11(17-15-12)7-16-10-5-3-4-9(13)6-10/h3-6,8H,7H2,1-2H3. The van der Waals surface area contributed by atoms with Crippen LogP contribution in [0.15, 0.2) is 28.8 Å². The van der Waals surface area contributed by atoms with Crippen molar-refractivity contribution < 1.29 is 13.7 Å². The molecule has 90 valence electrons. The number of nitrogens with zero attached hydrogens (tertiary/aromatic N) is 2. The highest BCUT2D eigenvalue weighted by atomic mass is 19.1. The summed E-state index contributed by atoms with van der Waals surface area (Å²) in [6.07, 6.45) is 0. The molecule has 2 aromatic rings. The van der Waals surface area contributed by atoms with Crippen molar-refractivity contribution in [2.24, 2.45) is 0 Å². The predicted octanol–water partition coefficient (Wildman–Crippen LogP) is 2.91. The first kappa shape index (κ1) is 11.6. The average Bonchev–Trinajstić information content (AvgIpc) is 2.75. The van der Waals surface area contributed by atoms with Crippen molar-refractivity contribution in [1.82, 2.24) is 10.1 Å². The molecule has 0 amide bonds. The highest BCUT2D eigenvalue weighted by molar-refractivity contribution is 5.22. The largest absolute Gasteiger partial charge is 0.484 e. The van der Waals surface area contributed by atoms with E-state index >= 15 is 0 Å². The summed E-state index contributed by atoms with van der Waals surface area (Å²) in [5.74, 6) is 1.34. The van der Waals surface area contributed by atoms with E-state index in [1.54, 1.807) is 12.1 Å². The second-order valence-corrected chi connectivity index (χ2v) is 3.95. The van der Waals surface area contributed by atoms with Gasteiger partial charge in [-0.2, -0.15) is 4.98 Å². The first-order valence-corrected chi connectivity index (χ1v) is 5.36. The summed E-state index contributed by atoms with van der Waals surface area (Å²) in [6, 6.07) is 5.91. The lowest BCUT2D eigenvalue weighted by molar-refractivity contribution is 0.241. The fourth-order valence-electron chi connectivity index (χ4n) is 1.26. The Hall–Kier alpha value is -1.91. The third-order valence-electron chi connectivity index (χ3n) is 2.16. The maximum Gasteiger partial charge on any atom is 0.264 e. The average molecular weight is 236 g/mol. The number of hydrogen-bond donors (Lipinski definition) is 0. The first-order valence-electron chi connectivity index (χ1n) is 5.36. The molecule has 1 aromatic heterocycles. The van der Waals surface area contributed by atoms with E-state index in [1.807, 2.05) is 13.8 Å². The highest BCUT2D eigenvalue weighted by Crippen LogP contribution is 2.15. The Balaban J connectivity index is 1.97. The Labute approximate surface area is 98.4 Å². The lowest BCUT2D eigenvalue weighted by Gasteiger charge is -2.02. The molecule has 0 saturated heterocycles. The molecule has 0 radical (unpaired) electrons. The molecule has 0 atom stereocenters. The topological polar surface area (TPSA) is 48.2 Å². The van der Waals surface area contributed by atoms with Crippen molar-refractivity contribution in [3.05, 3.63) is 41.8 Å². The van der Waals surface area contributed by atoms with E-state index in [4.69, 9.17) is 9.26 Å². The molecule has 0 spiro atoms. The minimum absolute atomic E-state index is 0.142. The summed E-state index contributed by atoms with van der Waals surface area (Å²) < 4.78 is 23.2. The van der Waals surface area contributed by atoms with Crippen LogP contribution in [0.5, 0.6) is 5.75 Å². The Bertz CT molecular complexity index is 497. The Kier molecular flexibility index (Phi) is 3.37. The van der Waals surface area contributed by atoms with Crippen LogP contribution in [0.2, 0.25) is 0 Å². The Morgan fingerprint density at radius 3 is 2.88 bits per heavy atom. The predicted molar refractivity (Wildman–Crippen MR) is 59.1 cm³/mol. The molecule has 0 unspecified atom stereocenters. The van der Waals surface area contributed by atoms with Gasteiger partial charge < -0.3 is 9.26 Å². The minimum atomic E-state index is -0.337. The number of ether oxygens (including phenoxy) is 1. The fourth-order valence-corrected chi connectivity index (χ4v) is 1.26. The van der Waals surface area contributed by atoms with E-state index in [9.17, 15) is 4.39 Å². The van der Waals surface area contributed by atoms with E-state index in [2.05, 4.69) is 10.1 Å². The van der Waals surface area contributed by atoms with Gasteiger partial charge in [0.15, 0.2) is 12.4 Å². The molecule has 1 aromatic carbocycles. The summed E-state index contributed by atoms with van der Waals surface area (Å²) in [4.78, 5) is 4.15. The molecule has 0 bridgehead atoms. The first-order chi connectivity index (χ1) is 8.15. The van der Waals surface area contributed by atoms with E-state index in [-0.39, 0.29) is 18.3 Å². The van der Waals surface area contributed by atoms with Crippen LogP contribution in [0.1, 0.15) is 31.5 Å². The van der Waals surface area contributed by atoms with E-state index in [0.717, 1.165) is 0 Å². The van der Waals surface area contributed by atoms with E-state index in [1.165, 1.54) is 12.1 Å². The fraction of sp³-hybridized carbons (Fsp3) is 0.333. The van der Waals surface area contributed by atoms with Gasteiger partial charge in [-0.15, -0.1) is 0 Å². The van der Waals surface area contributed by atoms with Gasteiger partial charge in [0, 0.05) is 12.0 Å². The van der Waals surface area contributed by atoms with Gasteiger partial charge >= 0.3 is 0 Å². The maximum absolute atomic E-state index is 12.9. The zero-order valence-electron chi connectivity index (χ0n) is 9.68. The highest BCUT2D eigenvalue weighted by Gasteiger charge is 2.09. The summed E-state index contributed by atoms with van der Waals surface area (Å²) in [5.41, 5.74) is 0. The van der Waals surface area contributed by atoms with Gasteiger partial charge in [-0.3, -0.25) is 0 Å². The molecule has 1 heterocycles. The van der Waals surface area contributed by atoms with Crippen molar-refractivity contribution in [2.75, 3.05) is 0 Å². The Morgan fingerprint density at radius 1 is 1.41 bits per heavy atom. The van der Waals surface area contributed by atoms with Gasteiger partial charge in [-0.1, -0.05) is 25.1 Å². The third-order valence-corrected chi connectivity index (χ3v) is 2.16. The molecular weight excluding hydrogens is 223 g/mol. The molecule has 17 heavy (non-hydrogen) atoms. The molecule has 0 N–H and O–H groups in total. The summed E-state index contributed by atoms with van der Waals surface area (Å²) in [5, 5.41) is 3.81. The van der Waals surface area contributed by atoms with Gasteiger partial charge in [0.25, 0.3) is 5.89 Å². The van der Waals surface area contributed by atoms with Crippen molar-refractivity contribution in [1.29, 1.82) is 0 Å². The zero-order chi connectivity index (χ0) is 12.3. The number of benzene rings is 1. The maximum atomic E-state index is 12.9. The molecule has 0 aliphatic heterocycles. The monoisotopic (exact) mass is 236 g/mol. The second kappa shape index (κ2) is 4.95. The van der Waals surface area contributed by atoms with Crippen LogP contribution in [-0.2, 0) is 6.61 Å². The summed E-state index contributed by atoms with van der Waals surface area (Å²) in [7, 11) is 0. The van der Waals surface area contributed by atoms with Gasteiger partial charge in [0.2, 0.25) is 0 Å². The molecule has 0 saturated carbocycles. The second-order valence-electron chi connectivity index (χ2n) is 3.95. The van der Waals surface area contributed by atoms with E-state index < -0.39 is 0 Å². The van der Waals surface area contributed by atoms with E-state index in [0.29, 0.717) is 17.5 Å². The van der Waals surface area contributed by atoms with Crippen LogP contribution in [0.25, 0.3) is 0 Å². The number of aromatic nitrogens is 2. The molecule has 4 nitrogen and oxygen atoms in total. The van der Waals surface area contributed by atoms with Crippen LogP contribution < -0.4 is 4.74 Å². The van der Waals surface area contributed by atoms with Crippen molar-refractivity contribution >= 4 is 0 Å². The lowest BCUT2D eigenvalue weighted by atomic mass is 10.2. The SMILES string of the molecule is CC(C)c1noc(COc2cccc(F)c2)n1. The number of halogens is 1. The smallest absolute Gasteiger partial charge is 0.264 e.